The fraction of sp³-hybridized carbons (Fsp3) is 0.923. The van der Waals surface area contributed by atoms with Crippen LogP contribution < -0.4 is 11.1 Å². The van der Waals surface area contributed by atoms with Crippen molar-refractivity contribution >= 4 is 5.91 Å². The number of carbonyl (C=O) groups excluding carboxylic acids is 1. The second-order valence-corrected chi connectivity index (χ2v) is 5.88. The van der Waals surface area contributed by atoms with Crippen molar-refractivity contribution in [1.82, 2.24) is 5.32 Å². The van der Waals surface area contributed by atoms with Gasteiger partial charge in [0.1, 0.15) is 0 Å². The molecule has 0 unspecified atom stereocenters. The van der Waals surface area contributed by atoms with Gasteiger partial charge in [-0.15, -0.1) is 0 Å². The molecule has 0 aromatic heterocycles. The molecule has 96 valence electrons. The largest absolute Gasteiger partial charge is 0.352 e. The van der Waals surface area contributed by atoms with Gasteiger partial charge in [0.05, 0.1) is 6.04 Å². The fourth-order valence-electron chi connectivity index (χ4n) is 2.16. The molecule has 0 aromatic rings. The zero-order valence-corrected chi connectivity index (χ0v) is 10.3. The molecular formula is C13H28N2O. The third-order valence-electron chi connectivity index (χ3n) is 3.34. The molecule has 0 radical (unpaired) electrons. The lowest BCUT2D eigenvalue weighted by atomic mass is 9.92. The van der Waals surface area contributed by atoms with Crippen LogP contribution in [0.2, 0.25) is 0 Å². The predicted molar refractivity (Wildman–Crippen MR) is 69.1 cm³/mol. The van der Waals surface area contributed by atoms with E-state index in [1.54, 1.807) is 0 Å². The first-order valence-electron chi connectivity index (χ1n) is 5.88. The molecule has 0 saturated heterocycles. The topological polar surface area (TPSA) is 55.1 Å². The van der Waals surface area contributed by atoms with Crippen LogP contribution in [0.5, 0.6) is 0 Å². The second-order valence-electron chi connectivity index (χ2n) is 5.88. The average Bonchev–Trinajstić information content (AvgIpc) is 2.43. The SMILES string of the molecule is C.CC(C)[C@@H](N)C(=O)N[C@@H]1CCC(C)(C)C1. The third-order valence-corrected chi connectivity index (χ3v) is 3.34. The molecule has 1 aliphatic rings. The molecule has 1 amide bonds. The van der Waals surface area contributed by atoms with Gasteiger partial charge >= 0.3 is 0 Å². The normalized spacial score (nSPS) is 25.0. The average molecular weight is 228 g/mol. The lowest BCUT2D eigenvalue weighted by molar-refractivity contribution is -0.123. The van der Waals surface area contributed by atoms with Crippen LogP contribution in [-0.2, 0) is 4.79 Å². The Morgan fingerprint density at radius 3 is 2.38 bits per heavy atom. The van der Waals surface area contributed by atoms with Crippen LogP contribution in [0.3, 0.4) is 0 Å². The zero-order valence-electron chi connectivity index (χ0n) is 10.3. The summed E-state index contributed by atoms with van der Waals surface area (Å²) < 4.78 is 0. The molecule has 1 saturated carbocycles. The molecule has 1 fully saturated rings. The molecular weight excluding hydrogens is 200 g/mol. The summed E-state index contributed by atoms with van der Waals surface area (Å²) in [6, 6.07) is -0.0361. The number of amides is 1. The Hall–Kier alpha value is -0.570. The maximum Gasteiger partial charge on any atom is 0.237 e. The highest BCUT2D eigenvalue weighted by molar-refractivity contribution is 5.82. The Morgan fingerprint density at radius 2 is 2.00 bits per heavy atom. The van der Waals surface area contributed by atoms with E-state index in [0.29, 0.717) is 11.5 Å². The first-order valence-corrected chi connectivity index (χ1v) is 5.88. The summed E-state index contributed by atoms with van der Waals surface area (Å²) in [5.74, 6) is 0.215. The standard InChI is InChI=1S/C12H24N2O.CH4/c1-8(2)10(13)11(15)14-9-5-6-12(3,4)7-9;/h8-10H,5-7,13H2,1-4H3,(H,14,15);1H4/t9-,10-;/m1./s1. The Bertz CT molecular complexity index is 236. The third kappa shape index (κ3) is 4.12. The number of hydrogen-bond donors (Lipinski definition) is 2. The molecule has 0 bridgehead atoms. The highest BCUT2D eigenvalue weighted by Gasteiger charge is 2.32. The summed E-state index contributed by atoms with van der Waals surface area (Å²) >= 11 is 0. The van der Waals surface area contributed by atoms with Crippen molar-refractivity contribution in [3.8, 4) is 0 Å². The van der Waals surface area contributed by atoms with E-state index in [-0.39, 0.29) is 25.3 Å². The van der Waals surface area contributed by atoms with Gasteiger partial charge in [0.15, 0.2) is 0 Å². The molecule has 1 aliphatic carbocycles. The zero-order chi connectivity index (χ0) is 11.6. The molecule has 0 spiro atoms. The highest BCUT2D eigenvalue weighted by Crippen LogP contribution is 2.36. The summed E-state index contributed by atoms with van der Waals surface area (Å²) in [5.41, 5.74) is 6.17. The van der Waals surface area contributed by atoms with E-state index < -0.39 is 0 Å². The lowest BCUT2D eigenvalue weighted by Gasteiger charge is -2.21. The first kappa shape index (κ1) is 15.4. The molecule has 2 atom stereocenters. The van der Waals surface area contributed by atoms with Crippen LogP contribution in [-0.4, -0.2) is 18.0 Å². The van der Waals surface area contributed by atoms with E-state index in [1.165, 1.54) is 6.42 Å². The van der Waals surface area contributed by atoms with Gasteiger partial charge in [0, 0.05) is 6.04 Å². The van der Waals surface area contributed by atoms with E-state index in [4.69, 9.17) is 5.73 Å². The Labute approximate surface area is 100 Å². The van der Waals surface area contributed by atoms with E-state index in [1.807, 2.05) is 13.8 Å². The minimum Gasteiger partial charge on any atom is -0.352 e. The number of rotatable bonds is 3. The molecule has 0 aromatic carbocycles. The van der Waals surface area contributed by atoms with Gasteiger partial charge in [-0.2, -0.15) is 0 Å². The van der Waals surface area contributed by atoms with Crippen LogP contribution in [0.25, 0.3) is 0 Å². The lowest BCUT2D eigenvalue weighted by Crippen LogP contribution is -2.47. The van der Waals surface area contributed by atoms with Crippen LogP contribution in [0, 0.1) is 11.3 Å². The van der Waals surface area contributed by atoms with Crippen molar-refractivity contribution in [3.63, 3.8) is 0 Å². The van der Waals surface area contributed by atoms with Gasteiger partial charge in [-0.3, -0.25) is 4.79 Å². The number of hydrogen-bond acceptors (Lipinski definition) is 2. The Morgan fingerprint density at radius 1 is 1.44 bits per heavy atom. The molecule has 3 nitrogen and oxygen atoms in total. The Kier molecular flexibility index (Phi) is 5.47. The van der Waals surface area contributed by atoms with Crippen molar-refractivity contribution in [2.45, 2.75) is 66.5 Å². The minimum atomic E-state index is -0.367. The quantitative estimate of drug-likeness (QED) is 0.778. The predicted octanol–water partition coefficient (Wildman–Crippen LogP) is 2.30. The van der Waals surface area contributed by atoms with Crippen molar-refractivity contribution in [1.29, 1.82) is 0 Å². The molecule has 0 aliphatic heterocycles. The van der Waals surface area contributed by atoms with E-state index in [0.717, 1.165) is 12.8 Å². The summed E-state index contributed by atoms with van der Waals surface area (Å²) in [6.07, 6.45) is 3.35. The van der Waals surface area contributed by atoms with E-state index in [2.05, 4.69) is 19.2 Å². The molecule has 3 N–H and O–H groups in total. The summed E-state index contributed by atoms with van der Waals surface area (Å²) in [7, 11) is 0. The second kappa shape index (κ2) is 5.67. The van der Waals surface area contributed by atoms with Gasteiger partial charge in [-0.25, -0.2) is 0 Å². The maximum atomic E-state index is 11.7. The van der Waals surface area contributed by atoms with Crippen LogP contribution >= 0.6 is 0 Å². The number of nitrogens with two attached hydrogens (primary N) is 1. The van der Waals surface area contributed by atoms with Gasteiger partial charge in [-0.1, -0.05) is 35.1 Å². The monoisotopic (exact) mass is 228 g/mol. The summed E-state index contributed by atoms with van der Waals surface area (Å²) in [6.45, 7) is 8.45. The minimum absolute atomic E-state index is 0. The van der Waals surface area contributed by atoms with Crippen molar-refractivity contribution < 1.29 is 4.79 Å². The number of nitrogens with one attached hydrogen (secondary N) is 1. The van der Waals surface area contributed by atoms with Crippen LogP contribution in [0.15, 0.2) is 0 Å². The molecule has 0 heterocycles. The van der Waals surface area contributed by atoms with Gasteiger partial charge < -0.3 is 11.1 Å². The van der Waals surface area contributed by atoms with Crippen LogP contribution in [0.1, 0.15) is 54.4 Å². The van der Waals surface area contributed by atoms with Crippen LogP contribution in [0.4, 0.5) is 0 Å². The maximum absolute atomic E-state index is 11.7. The van der Waals surface area contributed by atoms with E-state index in [9.17, 15) is 4.79 Å². The number of carbonyl (C=O) groups is 1. The highest BCUT2D eigenvalue weighted by atomic mass is 16.2. The Balaban J connectivity index is 0.00000225. The molecule has 1 rings (SSSR count). The fourth-order valence-corrected chi connectivity index (χ4v) is 2.16. The van der Waals surface area contributed by atoms with Crippen molar-refractivity contribution in [3.05, 3.63) is 0 Å². The molecule has 16 heavy (non-hydrogen) atoms. The van der Waals surface area contributed by atoms with Gasteiger partial charge in [0.25, 0.3) is 0 Å². The van der Waals surface area contributed by atoms with E-state index >= 15 is 0 Å². The summed E-state index contributed by atoms with van der Waals surface area (Å²) in [4.78, 5) is 11.7. The summed E-state index contributed by atoms with van der Waals surface area (Å²) in [5, 5.41) is 3.05. The van der Waals surface area contributed by atoms with Gasteiger partial charge in [0.2, 0.25) is 5.91 Å². The molecule has 3 heteroatoms. The van der Waals surface area contributed by atoms with Crippen molar-refractivity contribution in [2.75, 3.05) is 0 Å². The van der Waals surface area contributed by atoms with Gasteiger partial charge in [-0.05, 0) is 30.6 Å². The smallest absolute Gasteiger partial charge is 0.237 e. The van der Waals surface area contributed by atoms with Crippen molar-refractivity contribution in [2.24, 2.45) is 17.1 Å². The first-order chi connectivity index (χ1) is 6.82.